The molecule has 2 aromatic heterocycles. The molecule has 0 aliphatic rings. The van der Waals surface area contributed by atoms with Gasteiger partial charge in [0.25, 0.3) is 0 Å². The zero-order valence-corrected chi connectivity index (χ0v) is 10.9. The third-order valence-electron chi connectivity index (χ3n) is 2.77. The van der Waals surface area contributed by atoms with Gasteiger partial charge in [0.15, 0.2) is 5.65 Å². The van der Waals surface area contributed by atoms with E-state index in [0.717, 1.165) is 16.4 Å². The molecule has 0 atom stereocenters. The van der Waals surface area contributed by atoms with Crippen LogP contribution in [-0.2, 0) is 6.54 Å². The molecule has 0 saturated heterocycles. The van der Waals surface area contributed by atoms with E-state index >= 15 is 0 Å². The van der Waals surface area contributed by atoms with Crippen molar-refractivity contribution in [2.45, 2.75) is 6.54 Å². The first-order chi connectivity index (χ1) is 8.69. The van der Waals surface area contributed by atoms with Gasteiger partial charge in [-0.3, -0.25) is 0 Å². The van der Waals surface area contributed by atoms with Gasteiger partial charge in [-0.15, -0.1) is 6.58 Å². The van der Waals surface area contributed by atoms with E-state index in [0.29, 0.717) is 22.2 Å². The molecule has 2 heterocycles. The lowest BCUT2D eigenvalue weighted by molar-refractivity contribution is 0.851. The molecule has 0 bridgehead atoms. The number of benzene rings is 1. The van der Waals surface area contributed by atoms with Crippen LogP contribution in [0, 0.1) is 0 Å². The first kappa shape index (κ1) is 11.5. The summed E-state index contributed by atoms with van der Waals surface area (Å²) in [7, 11) is 0. The molecule has 3 rings (SSSR count). The minimum atomic E-state index is 0.501. The van der Waals surface area contributed by atoms with Crippen LogP contribution in [-0.4, -0.2) is 14.5 Å². The number of hydrogen-bond donors (Lipinski definition) is 0. The van der Waals surface area contributed by atoms with Crippen LogP contribution < -0.4 is 0 Å². The summed E-state index contributed by atoms with van der Waals surface area (Å²) >= 11 is 12.0. The molecule has 18 heavy (non-hydrogen) atoms. The Balaban J connectivity index is 2.34. The predicted molar refractivity (Wildman–Crippen MR) is 75.3 cm³/mol. The van der Waals surface area contributed by atoms with Gasteiger partial charge in [-0.05, 0) is 18.2 Å². The van der Waals surface area contributed by atoms with Crippen molar-refractivity contribution in [1.82, 2.24) is 14.5 Å². The van der Waals surface area contributed by atoms with Gasteiger partial charge in [-0.2, -0.15) is 0 Å². The molecule has 0 saturated carbocycles. The number of rotatable bonds is 2. The lowest BCUT2D eigenvalue weighted by Crippen LogP contribution is -1.92. The van der Waals surface area contributed by atoms with Gasteiger partial charge in [-0.25, -0.2) is 9.97 Å². The highest BCUT2D eigenvalue weighted by molar-refractivity contribution is 6.42. The zero-order valence-electron chi connectivity index (χ0n) is 9.40. The Morgan fingerprint density at radius 2 is 2.00 bits per heavy atom. The number of halogens is 2. The molecule has 1 aromatic carbocycles. The number of pyridine rings is 1. The van der Waals surface area contributed by atoms with Crippen molar-refractivity contribution >= 4 is 45.3 Å². The van der Waals surface area contributed by atoms with Crippen LogP contribution in [0.25, 0.3) is 22.1 Å². The third kappa shape index (κ3) is 1.76. The Kier molecular flexibility index (Phi) is 2.73. The maximum atomic E-state index is 6.02. The van der Waals surface area contributed by atoms with Crippen LogP contribution in [0.1, 0.15) is 0 Å². The first-order valence-electron chi connectivity index (χ1n) is 5.40. The molecule has 0 radical (unpaired) electrons. The number of fused-ring (bicyclic) bond motifs is 2. The highest BCUT2D eigenvalue weighted by Crippen LogP contribution is 2.28. The fourth-order valence-electron chi connectivity index (χ4n) is 1.92. The summed E-state index contributed by atoms with van der Waals surface area (Å²) in [6.45, 7) is 4.42. The van der Waals surface area contributed by atoms with E-state index in [2.05, 4.69) is 16.5 Å². The molecule has 0 N–H and O–H groups in total. The van der Waals surface area contributed by atoms with Gasteiger partial charge < -0.3 is 4.57 Å². The van der Waals surface area contributed by atoms with E-state index in [9.17, 15) is 0 Å². The summed E-state index contributed by atoms with van der Waals surface area (Å²) in [6, 6.07) is 5.58. The second-order valence-electron chi connectivity index (χ2n) is 3.98. The molecule has 0 amide bonds. The third-order valence-corrected chi connectivity index (χ3v) is 3.49. The molecule has 0 unspecified atom stereocenters. The Labute approximate surface area is 114 Å². The van der Waals surface area contributed by atoms with E-state index in [1.54, 1.807) is 12.4 Å². The summed E-state index contributed by atoms with van der Waals surface area (Å²) in [4.78, 5) is 8.74. The number of nitrogens with zero attached hydrogens (tertiary/aromatic N) is 3. The molecule has 5 heteroatoms. The van der Waals surface area contributed by atoms with Crippen molar-refractivity contribution in [3.05, 3.63) is 47.2 Å². The highest BCUT2D eigenvalue weighted by atomic mass is 35.5. The summed E-state index contributed by atoms with van der Waals surface area (Å²) in [5.41, 5.74) is 2.45. The SMILES string of the molecule is C=CCn1cnc2nc3cc(Cl)c(Cl)cc3cc21. The van der Waals surface area contributed by atoms with Crippen LogP contribution in [0.15, 0.2) is 37.2 Å². The topological polar surface area (TPSA) is 30.7 Å². The van der Waals surface area contributed by atoms with Gasteiger partial charge >= 0.3 is 0 Å². The Bertz CT molecular complexity index is 762. The lowest BCUT2D eigenvalue weighted by atomic mass is 10.2. The van der Waals surface area contributed by atoms with Crippen molar-refractivity contribution in [3.8, 4) is 0 Å². The number of allylic oxidation sites excluding steroid dienone is 1. The quantitative estimate of drug-likeness (QED) is 0.661. The Morgan fingerprint density at radius 1 is 1.22 bits per heavy atom. The van der Waals surface area contributed by atoms with Crippen LogP contribution in [0.2, 0.25) is 10.0 Å². The molecular formula is C13H9Cl2N3. The van der Waals surface area contributed by atoms with Crippen molar-refractivity contribution in [2.75, 3.05) is 0 Å². The number of aromatic nitrogens is 3. The fraction of sp³-hybridized carbons (Fsp3) is 0.0769. The van der Waals surface area contributed by atoms with Gasteiger partial charge in [0, 0.05) is 11.9 Å². The van der Waals surface area contributed by atoms with Gasteiger partial charge in [0.2, 0.25) is 0 Å². The highest BCUT2D eigenvalue weighted by Gasteiger charge is 2.07. The second-order valence-corrected chi connectivity index (χ2v) is 4.79. The average Bonchev–Trinajstić information content (AvgIpc) is 2.71. The minimum Gasteiger partial charge on any atom is -0.325 e. The smallest absolute Gasteiger partial charge is 0.178 e. The normalized spacial score (nSPS) is 11.2. The number of hydrogen-bond acceptors (Lipinski definition) is 2. The molecule has 0 spiro atoms. The summed E-state index contributed by atoms with van der Waals surface area (Å²) in [5, 5.41) is 1.98. The Morgan fingerprint density at radius 3 is 2.78 bits per heavy atom. The van der Waals surface area contributed by atoms with Gasteiger partial charge in [0.05, 0.1) is 27.4 Å². The molecule has 90 valence electrons. The lowest BCUT2D eigenvalue weighted by Gasteiger charge is -2.03. The van der Waals surface area contributed by atoms with Crippen LogP contribution in [0.3, 0.4) is 0 Å². The molecule has 0 aliphatic heterocycles. The van der Waals surface area contributed by atoms with Crippen molar-refractivity contribution < 1.29 is 0 Å². The monoisotopic (exact) mass is 277 g/mol. The van der Waals surface area contributed by atoms with E-state index in [-0.39, 0.29) is 0 Å². The molecule has 3 aromatic rings. The van der Waals surface area contributed by atoms with Crippen molar-refractivity contribution in [3.63, 3.8) is 0 Å². The average molecular weight is 278 g/mol. The fourth-order valence-corrected chi connectivity index (χ4v) is 2.25. The summed E-state index contributed by atoms with van der Waals surface area (Å²) in [6.07, 6.45) is 3.57. The predicted octanol–water partition coefficient (Wildman–Crippen LogP) is 4.08. The molecule has 0 aliphatic carbocycles. The molecular weight excluding hydrogens is 269 g/mol. The van der Waals surface area contributed by atoms with E-state index in [1.165, 1.54) is 0 Å². The van der Waals surface area contributed by atoms with Crippen molar-refractivity contribution in [2.24, 2.45) is 0 Å². The Hall–Kier alpha value is -1.58. The first-order valence-corrected chi connectivity index (χ1v) is 6.16. The van der Waals surface area contributed by atoms with E-state index in [1.807, 2.05) is 22.8 Å². The maximum Gasteiger partial charge on any atom is 0.178 e. The summed E-state index contributed by atoms with van der Waals surface area (Å²) < 4.78 is 1.98. The standard InChI is InChI=1S/C13H9Cl2N3/c1-2-3-18-7-16-13-12(18)5-8-4-9(14)10(15)6-11(8)17-13/h2,4-7H,1,3H2. The van der Waals surface area contributed by atoms with E-state index in [4.69, 9.17) is 23.2 Å². The van der Waals surface area contributed by atoms with E-state index < -0.39 is 0 Å². The second kappa shape index (κ2) is 4.26. The van der Waals surface area contributed by atoms with Gasteiger partial charge in [-0.1, -0.05) is 29.3 Å². The van der Waals surface area contributed by atoms with Crippen LogP contribution in [0.5, 0.6) is 0 Å². The zero-order chi connectivity index (χ0) is 12.7. The molecule has 3 nitrogen and oxygen atoms in total. The van der Waals surface area contributed by atoms with Crippen molar-refractivity contribution in [1.29, 1.82) is 0 Å². The van der Waals surface area contributed by atoms with Crippen LogP contribution in [0.4, 0.5) is 0 Å². The maximum absolute atomic E-state index is 6.02. The minimum absolute atomic E-state index is 0.501. The molecule has 0 fully saturated rings. The summed E-state index contributed by atoms with van der Waals surface area (Å²) in [5.74, 6) is 0. The van der Waals surface area contributed by atoms with Crippen LogP contribution >= 0.6 is 23.2 Å². The van der Waals surface area contributed by atoms with Gasteiger partial charge in [0.1, 0.15) is 0 Å². The number of imidazole rings is 1. The largest absolute Gasteiger partial charge is 0.325 e.